The number of carboxylic acid groups (broad SMARTS) is 1. The molecule has 23 heavy (non-hydrogen) atoms. The van der Waals surface area contributed by atoms with Crippen LogP contribution in [0.5, 0.6) is 0 Å². The summed E-state index contributed by atoms with van der Waals surface area (Å²) in [6, 6.07) is 6.35. The predicted molar refractivity (Wildman–Crippen MR) is 86.2 cm³/mol. The van der Waals surface area contributed by atoms with Crippen molar-refractivity contribution in [2.45, 2.75) is 32.2 Å². The highest BCUT2D eigenvalue weighted by Gasteiger charge is 2.33. The van der Waals surface area contributed by atoms with Crippen molar-refractivity contribution >= 4 is 21.7 Å². The zero-order chi connectivity index (χ0) is 17.0. The number of sulfone groups is 1. The molecule has 1 aromatic rings. The van der Waals surface area contributed by atoms with Crippen molar-refractivity contribution < 1.29 is 23.1 Å². The van der Waals surface area contributed by atoms with Gasteiger partial charge in [-0.2, -0.15) is 0 Å². The first-order valence-corrected chi connectivity index (χ1v) is 9.47. The molecule has 1 heterocycles. The van der Waals surface area contributed by atoms with Crippen LogP contribution in [0.4, 0.5) is 0 Å². The van der Waals surface area contributed by atoms with E-state index in [9.17, 15) is 18.0 Å². The number of carboxylic acids is 1. The molecule has 0 saturated carbocycles. The molecule has 126 valence electrons. The van der Waals surface area contributed by atoms with Gasteiger partial charge in [0.1, 0.15) is 0 Å². The molecule has 1 aliphatic rings. The van der Waals surface area contributed by atoms with Crippen LogP contribution >= 0.6 is 0 Å². The molecule has 1 atom stereocenters. The van der Waals surface area contributed by atoms with Gasteiger partial charge < -0.3 is 10.0 Å². The standard InChI is InChI=1S/C16H21NO5S/c1-2-17(13-9-10-23(21,22)11-13)15(18)8-7-12-5-3-4-6-14(12)16(19)20/h3-6,13H,2,7-11H2,1H3,(H,19,20). The summed E-state index contributed by atoms with van der Waals surface area (Å²) in [6.07, 6.45) is 0.986. The van der Waals surface area contributed by atoms with Crippen LogP contribution in [0.1, 0.15) is 35.7 Å². The number of amides is 1. The SMILES string of the molecule is CCN(C(=O)CCc1ccccc1C(=O)O)C1CCS(=O)(=O)C1. The van der Waals surface area contributed by atoms with Gasteiger partial charge in [0.25, 0.3) is 0 Å². The first-order valence-electron chi connectivity index (χ1n) is 7.65. The molecule has 1 saturated heterocycles. The van der Waals surface area contributed by atoms with Crippen molar-refractivity contribution in [3.8, 4) is 0 Å². The highest BCUT2D eigenvalue weighted by atomic mass is 32.2. The second-order valence-corrected chi connectivity index (χ2v) is 7.93. The third-order valence-electron chi connectivity index (χ3n) is 4.17. The molecule has 1 unspecified atom stereocenters. The highest BCUT2D eigenvalue weighted by Crippen LogP contribution is 2.19. The van der Waals surface area contributed by atoms with Crippen LogP contribution in [0.15, 0.2) is 24.3 Å². The summed E-state index contributed by atoms with van der Waals surface area (Å²) in [7, 11) is -3.04. The summed E-state index contributed by atoms with van der Waals surface area (Å²) in [4.78, 5) is 25.2. The molecule has 1 aliphatic heterocycles. The molecule has 0 bridgehead atoms. The molecule has 1 fully saturated rings. The average molecular weight is 339 g/mol. The number of hydrogen-bond acceptors (Lipinski definition) is 4. The van der Waals surface area contributed by atoms with E-state index in [1.54, 1.807) is 23.1 Å². The lowest BCUT2D eigenvalue weighted by Gasteiger charge is -2.27. The third kappa shape index (κ3) is 4.31. The van der Waals surface area contributed by atoms with Crippen molar-refractivity contribution in [1.82, 2.24) is 4.90 Å². The summed E-state index contributed by atoms with van der Waals surface area (Å²) in [5, 5.41) is 9.15. The number of aromatic carboxylic acids is 1. The minimum atomic E-state index is -3.04. The zero-order valence-corrected chi connectivity index (χ0v) is 13.9. The second-order valence-electron chi connectivity index (χ2n) is 5.70. The Morgan fingerprint density at radius 3 is 2.57 bits per heavy atom. The van der Waals surface area contributed by atoms with Gasteiger partial charge in [0.2, 0.25) is 5.91 Å². The molecule has 0 radical (unpaired) electrons. The molecule has 7 heteroatoms. The van der Waals surface area contributed by atoms with Gasteiger partial charge in [-0.1, -0.05) is 18.2 Å². The van der Waals surface area contributed by atoms with Gasteiger partial charge in [0.15, 0.2) is 9.84 Å². The Hall–Kier alpha value is -1.89. The van der Waals surface area contributed by atoms with E-state index in [0.717, 1.165) is 0 Å². The molecule has 1 aromatic carbocycles. The maximum Gasteiger partial charge on any atom is 0.335 e. The highest BCUT2D eigenvalue weighted by molar-refractivity contribution is 7.91. The Bertz CT molecular complexity index is 698. The van der Waals surface area contributed by atoms with E-state index in [4.69, 9.17) is 5.11 Å². The van der Waals surface area contributed by atoms with Crippen LogP contribution in [0, 0.1) is 0 Å². The molecule has 1 N–H and O–H groups in total. The fourth-order valence-electron chi connectivity index (χ4n) is 2.99. The van der Waals surface area contributed by atoms with Crippen LogP contribution in [0.25, 0.3) is 0 Å². The lowest BCUT2D eigenvalue weighted by atomic mass is 10.0. The largest absolute Gasteiger partial charge is 0.478 e. The van der Waals surface area contributed by atoms with Crippen LogP contribution < -0.4 is 0 Å². The van der Waals surface area contributed by atoms with Gasteiger partial charge in [-0.15, -0.1) is 0 Å². The minimum Gasteiger partial charge on any atom is -0.478 e. The van der Waals surface area contributed by atoms with Gasteiger partial charge in [-0.3, -0.25) is 4.79 Å². The molecular formula is C16H21NO5S. The molecule has 0 aromatic heterocycles. The predicted octanol–water partition coefficient (Wildman–Crippen LogP) is 1.35. The molecule has 1 amide bonds. The summed E-state index contributed by atoms with van der Waals surface area (Å²) >= 11 is 0. The fourth-order valence-corrected chi connectivity index (χ4v) is 4.72. The topological polar surface area (TPSA) is 91.8 Å². The number of nitrogens with zero attached hydrogens (tertiary/aromatic N) is 1. The van der Waals surface area contributed by atoms with Gasteiger partial charge >= 0.3 is 5.97 Å². The number of aryl methyl sites for hydroxylation is 1. The zero-order valence-electron chi connectivity index (χ0n) is 13.1. The van der Waals surface area contributed by atoms with Crippen LogP contribution in [0.2, 0.25) is 0 Å². The molecule has 0 spiro atoms. The normalized spacial score (nSPS) is 19.4. The van der Waals surface area contributed by atoms with Crippen molar-refractivity contribution in [2.24, 2.45) is 0 Å². The van der Waals surface area contributed by atoms with Crippen LogP contribution in [0.3, 0.4) is 0 Å². The molecule has 6 nitrogen and oxygen atoms in total. The van der Waals surface area contributed by atoms with Gasteiger partial charge in [-0.25, -0.2) is 13.2 Å². The van der Waals surface area contributed by atoms with Gasteiger partial charge in [0.05, 0.1) is 17.1 Å². The third-order valence-corrected chi connectivity index (χ3v) is 5.92. The van der Waals surface area contributed by atoms with E-state index < -0.39 is 15.8 Å². The lowest BCUT2D eigenvalue weighted by Crippen LogP contribution is -2.41. The fraction of sp³-hybridized carbons (Fsp3) is 0.500. The van der Waals surface area contributed by atoms with Gasteiger partial charge in [-0.05, 0) is 31.4 Å². The maximum absolute atomic E-state index is 12.4. The average Bonchev–Trinajstić information content (AvgIpc) is 2.86. The van der Waals surface area contributed by atoms with E-state index in [-0.39, 0.29) is 35.4 Å². The Morgan fingerprint density at radius 2 is 2.00 bits per heavy atom. The first-order chi connectivity index (χ1) is 10.8. The monoisotopic (exact) mass is 339 g/mol. The number of rotatable bonds is 6. The van der Waals surface area contributed by atoms with E-state index >= 15 is 0 Å². The first kappa shape index (κ1) is 17.5. The van der Waals surface area contributed by atoms with Crippen LogP contribution in [-0.2, 0) is 21.1 Å². The smallest absolute Gasteiger partial charge is 0.335 e. The maximum atomic E-state index is 12.4. The Kier molecular flexibility index (Phi) is 5.41. The second kappa shape index (κ2) is 7.12. The van der Waals surface area contributed by atoms with Crippen molar-refractivity contribution in [3.05, 3.63) is 35.4 Å². The van der Waals surface area contributed by atoms with Crippen molar-refractivity contribution in [2.75, 3.05) is 18.1 Å². The van der Waals surface area contributed by atoms with Crippen molar-refractivity contribution in [3.63, 3.8) is 0 Å². The van der Waals surface area contributed by atoms with E-state index in [1.165, 1.54) is 6.07 Å². The Balaban J connectivity index is 2.02. The summed E-state index contributed by atoms with van der Waals surface area (Å²) < 4.78 is 23.2. The van der Waals surface area contributed by atoms with E-state index in [0.29, 0.717) is 24.9 Å². The summed E-state index contributed by atoms with van der Waals surface area (Å²) in [5.41, 5.74) is 0.815. The van der Waals surface area contributed by atoms with Crippen LogP contribution in [-0.4, -0.2) is 54.4 Å². The molecule has 0 aliphatic carbocycles. The summed E-state index contributed by atoms with van der Waals surface area (Å²) in [6.45, 7) is 2.29. The number of carbonyl (C=O) groups excluding carboxylic acids is 1. The summed E-state index contributed by atoms with van der Waals surface area (Å²) in [5.74, 6) is -0.987. The molecular weight excluding hydrogens is 318 g/mol. The number of carbonyl (C=O) groups is 2. The van der Waals surface area contributed by atoms with Crippen molar-refractivity contribution in [1.29, 1.82) is 0 Å². The lowest BCUT2D eigenvalue weighted by molar-refractivity contribution is -0.132. The minimum absolute atomic E-state index is 0.0261. The van der Waals surface area contributed by atoms with E-state index in [2.05, 4.69) is 0 Å². The van der Waals surface area contributed by atoms with Gasteiger partial charge in [0, 0.05) is 19.0 Å². The number of hydrogen-bond donors (Lipinski definition) is 1. The van der Waals surface area contributed by atoms with E-state index in [1.807, 2.05) is 6.92 Å². The Labute approximate surface area is 136 Å². The molecule has 2 rings (SSSR count). The number of benzene rings is 1. The Morgan fingerprint density at radius 1 is 1.30 bits per heavy atom. The quantitative estimate of drug-likeness (QED) is 0.845.